The second-order valence-electron chi connectivity index (χ2n) is 4.09. The molecule has 0 spiro atoms. The highest BCUT2D eigenvalue weighted by molar-refractivity contribution is 6.17. The summed E-state index contributed by atoms with van der Waals surface area (Å²) in [4.78, 5) is 4.22. The summed E-state index contributed by atoms with van der Waals surface area (Å²) in [6.07, 6.45) is 7.10. The van der Waals surface area contributed by atoms with E-state index in [9.17, 15) is 0 Å². The first-order valence-corrected chi connectivity index (χ1v) is 6.01. The SMILES string of the molecule is Cc1cc(OC2CCCC2)c(CCl)cn1. The molecule has 2 rings (SSSR count). The number of halogens is 1. The van der Waals surface area contributed by atoms with Crippen molar-refractivity contribution in [2.75, 3.05) is 0 Å². The molecule has 0 bridgehead atoms. The Balaban J connectivity index is 2.14. The Bertz CT molecular complexity index is 334. The summed E-state index contributed by atoms with van der Waals surface area (Å²) in [5.74, 6) is 1.39. The van der Waals surface area contributed by atoms with Gasteiger partial charge in [0.25, 0.3) is 0 Å². The average molecular weight is 226 g/mol. The molecular weight excluding hydrogens is 210 g/mol. The van der Waals surface area contributed by atoms with Gasteiger partial charge in [-0.25, -0.2) is 0 Å². The van der Waals surface area contributed by atoms with E-state index >= 15 is 0 Å². The molecule has 82 valence electrons. The van der Waals surface area contributed by atoms with E-state index in [-0.39, 0.29) is 0 Å². The Hall–Kier alpha value is -0.760. The molecule has 0 aliphatic heterocycles. The third-order valence-electron chi connectivity index (χ3n) is 2.82. The maximum Gasteiger partial charge on any atom is 0.127 e. The van der Waals surface area contributed by atoms with Crippen molar-refractivity contribution in [3.05, 3.63) is 23.5 Å². The smallest absolute Gasteiger partial charge is 0.127 e. The number of pyridine rings is 1. The molecule has 0 amide bonds. The number of hydrogen-bond acceptors (Lipinski definition) is 2. The molecule has 1 aromatic heterocycles. The van der Waals surface area contributed by atoms with Gasteiger partial charge in [-0.2, -0.15) is 0 Å². The normalized spacial score (nSPS) is 16.9. The van der Waals surface area contributed by atoms with E-state index in [0.29, 0.717) is 12.0 Å². The van der Waals surface area contributed by atoms with Crippen molar-refractivity contribution < 1.29 is 4.74 Å². The molecule has 1 saturated carbocycles. The van der Waals surface area contributed by atoms with Crippen LogP contribution in [0.4, 0.5) is 0 Å². The Morgan fingerprint density at radius 2 is 2.20 bits per heavy atom. The van der Waals surface area contributed by atoms with Crippen molar-refractivity contribution in [1.82, 2.24) is 4.98 Å². The quantitative estimate of drug-likeness (QED) is 0.736. The Kier molecular flexibility index (Phi) is 3.47. The molecule has 0 atom stereocenters. The number of ether oxygens (including phenoxy) is 1. The fourth-order valence-electron chi connectivity index (χ4n) is 1.96. The van der Waals surface area contributed by atoms with E-state index in [2.05, 4.69) is 4.98 Å². The molecule has 0 aromatic carbocycles. The van der Waals surface area contributed by atoms with Crippen LogP contribution >= 0.6 is 11.6 Å². The summed E-state index contributed by atoms with van der Waals surface area (Å²) in [6.45, 7) is 1.97. The molecule has 0 unspecified atom stereocenters. The minimum Gasteiger partial charge on any atom is -0.490 e. The van der Waals surface area contributed by atoms with Crippen LogP contribution < -0.4 is 4.74 Å². The van der Waals surface area contributed by atoms with Crippen LogP contribution in [0.5, 0.6) is 5.75 Å². The van der Waals surface area contributed by atoms with Crippen LogP contribution in [-0.2, 0) is 5.88 Å². The van der Waals surface area contributed by atoms with Gasteiger partial charge in [-0.05, 0) is 32.6 Å². The minimum atomic E-state index is 0.383. The zero-order chi connectivity index (χ0) is 10.7. The average Bonchev–Trinajstić information content (AvgIpc) is 2.71. The van der Waals surface area contributed by atoms with Gasteiger partial charge in [0.15, 0.2) is 0 Å². The maximum atomic E-state index is 5.95. The van der Waals surface area contributed by atoms with Crippen LogP contribution in [0.1, 0.15) is 36.9 Å². The summed E-state index contributed by atoms with van der Waals surface area (Å²) >= 11 is 5.85. The van der Waals surface area contributed by atoms with E-state index in [1.807, 2.05) is 19.2 Å². The number of hydrogen-bond donors (Lipinski definition) is 0. The van der Waals surface area contributed by atoms with Crippen molar-refractivity contribution in [2.24, 2.45) is 0 Å². The lowest BCUT2D eigenvalue weighted by Crippen LogP contribution is -2.12. The molecule has 3 heteroatoms. The van der Waals surface area contributed by atoms with Gasteiger partial charge in [0.1, 0.15) is 5.75 Å². The van der Waals surface area contributed by atoms with E-state index < -0.39 is 0 Å². The third kappa shape index (κ3) is 2.63. The fourth-order valence-corrected chi connectivity index (χ4v) is 2.16. The van der Waals surface area contributed by atoms with Gasteiger partial charge >= 0.3 is 0 Å². The summed E-state index contributed by atoms with van der Waals surface area (Å²) in [6, 6.07) is 1.98. The first-order valence-electron chi connectivity index (χ1n) is 5.47. The van der Waals surface area contributed by atoms with Crippen molar-refractivity contribution in [3.8, 4) is 5.75 Å². The first kappa shape index (κ1) is 10.7. The molecular formula is C12H16ClNO. The number of nitrogens with zero attached hydrogens (tertiary/aromatic N) is 1. The van der Waals surface area contributed by atoms with Gasteiger partial charge in [0.05, 0.1) is 12.0 Å². The molecule has 1 heterocycles. The fraction of sp³-hybridized carbons (Fsp3) is 0.583. The Morgan fingerprint density at radius 3 is 2.87 bits per heavy atom. The van der Waals surface area contributed by atoms with E-state index in [1.54, 1.807) is 0 Å². The van der Waals surface area contributed by atoms with Crippen molar-refractivity contribution in [1.29, 1.82) is 0 Å². The highest BCUT2D eigenvalue weighted by atomic mass is 35.5. The van der Waals surface area contributed by atoms with Crippen LogP contribution in [0.15, 0.2) is 12.3 Å². The first-order chi connectivity index (χ1) is 7.29. The van der Waals surface area contributed by atoms with Gasteiger partial charge in [-0.15, -0.1) is 11.6 Å². The number of alkyl halides is 1. The lowest BCUT2D eigenvalue weighted by molar-refractivity contribution is 0.208. The predicted molar refractivity (Wildman–Crippen MR) is 61.4 cm³/mol. The maximum absolute atomic E-state index is 5.95. The molecule has 1 aliphatic carbocycles. The van der Waals surface area contributed by atoms with Crippen LogP contribution in [0.2, 0.25) is 0 Å². The summed E-state index contributed by atoms with van der Waals surface area (Å²) in [5.41, 5.74) is 1.98. The van der Waals surface area contributed by atoms with Crippen molar-refractivity contribution in [3.63, 3.8) is 0 Å². The zero-order valence-electron chi connectivity index (χ0n) is 9.00. The second kappa shape index (κ2) is 4.84. The molecule has 0 N–H and O–H groups in total. The molecule has 2 nitrogen and oxygen atoms in total. The summed E-state index contributed by atoms with van der Waals surface area (Å²) in [5, 5.41) is 0. The lowest BCUT2D eigenvalue weighted by Gasteiger charge is -2.15. The monoisotopic (exact) mass is 225 g/mol. The Morgan fingerprint density at radius 1 is 1.47 bits per heavy atom. The molecule has 1 fully saturated rings. The highest BCUT2D eigenvalue weighted by Crippen LogP contribution is 2.27. The van der Waals surface area contributed by atoms with Gasteiger partial charge in [-0.1, -0.05) is 0 Å². The topological polar surface area (TPSA) is 22.1 Å². The molecule has 1 aliphatic rings. The molecule has 1 aromatic rings. The van der Waals surface area contributed by atoms with Crippen molar-refractivity contribution in [2.45, 2.75) is 44.6 Å². The van der Waals surface area contributed by atoms with Gasteiger partial charge in [0.2, 0.25) is 0 Å². The highest BCUT2D eigenvalue weighted by Gasteiger charge is 2.17. The molecule has 15 heavy (non-hydrogen) atoms. The molecule has 0 radical (unpaired) electrons. The van der Waals surface area contributed by atoms with Gasteiger partial charge < -0.3 is 4.74 Å². The van der Waals surface area contributed by atoms with Gasteiger partial charge in [-0.3, -0.25) is 4.98 Å². The van der Waals surface area contributed by atoms with E-state index in [1.165, 1.54) is 25.7 Å². The summed E-state index contributed by atoms with van der Waals surface area (Å²) < 4.78 is 5.95. The van der Waals surface area contributed by atoms with Crippen LogP contribution in [0.3, 0.4) is 0 Å². The van der Waals surface area contributed by atoms with Crippen molar-refractivity contribution >= 4 is 11.6 Å². The summed E-state index contributed by atoms with van der Waals surface area (Å²) in [7, 11) is 0. The number of aromatic nitrogens is 1. The lowest BCUT2D eigenvalue weighted by atomic mass is 10.2. The number of rotatable bonds is 3. The van der Waals surface area contributed by atoms with Crippen LogP contribution in [0.25, 0.3) is 0 Å². The van der Waals surface area contributed by atoms with E-state index in [4.69, 9.17) is 16.3 Å². The van der Waals surface area contributed by atoms with Crippen LogP contribution in [-0.4, -0.2) is 11.1 Å². The second-order valence-corrected chi connectivity index (χ2v) is 4.36. The third-order valence-corrected chi connectivity index (χ3v) is 3.11. The van der Waals surface area contributed by atoms with Gasteiger partial charge in [0, 0.05) is 23.5 Å². The minimum absolute atomic E-state index is 0.383. The molecule has 0 saturated heterocycles. The predicted octanol–water partition coefficient (Wildman–Crippen LogP) is 3.45. The number of aryl methyl sites for hydroxylation is 1. The zero-order valence-corrected chi connectivity index (χ0v) is 9.76. The largest absolute Gasteiger partial charge is 0.490 e. The van der Waals surface area contributed by atoms with E-state index in [0.717, 1.165) is 17.0 Å². The van der Waals surface area contributed by atoms with Crippen LogP contribution in [0, 0.1) is 6.92 Å². The Labute approximate surface area is 95.6 Å². The standard InChI is InChI=1S/C12H16ClNO/c1-9-6-12(10(7-13)8-14-9)15-11-4-2-3-5-11/h6,8,11H,2-5,7H2,1H3.